The van der Waals surface area contributed by atoms with Gasteiger partial charge in [-0.3, -0.25) is 14.8 Å². The van der Waals surface area contributed by atoms with E-state index in [9.17, 15) is 14.8 Å². The maximum Gasteiger partial charge on any atom is 0.317 e. The normalized spacial score (nSPS) is 24.9. The van der Waals surface area contributed by atoms with Crippen molar-refractivity contribution in [1.82, 2.24) is 0 Å². The molecule has 1 heterocycles. The van der Waals surface area contributed by atoms with Crippen LogP contribution < -0.4 is 0 Å². The second-order valence-electron chi connectivity index (χ2n) is 11.4. The van der Waals surface area contributed by atoms with Crippen LogP contribution in [0.25, 0.3) is 0 Å². The highest BCUT2D eigenvalue weighted by atomic mass is 28.3. The molecule has 0 aromatic heterocycles. The Bertz CT molecular complexity index is 548. The second-order valence-corrected chi connectivity index (χ2v) is 17.0. The molecule has 1 rings (SSSR count). The molecule has 1 aliphatic heterocycles. The second kappa shape index (κ2) is 10.5. The first kappa shape index (κ1) is 26.3. The van der Waals surface area contributed by atoms with Crippen molar-refractivity contribution in [3.05, 3.63) is 0 Å². The van der Waals surface area contributed by atoms with Gasteiger partial charge in [0.05, 0.1) is 11.8 Å². The number of carbonyl (C=O) groups excluding carboxylic acids is 2. The summed E-state index contributed by atoms with van der Waals surface area (Å²) in [6, 6.07) is 1.00. The zero-order valence-corrected chi connectivity index (χ0v) is 21.1. The van der Waals surface area contributed by atoms with Gasteiger partial charge in [-0.15, -0.1) is 0 Å². The molecule has 1 fully saturated rings. The van der Waals surface area contributed by atoms with Gasteiger partial charge in [-0.2, -0.15) is 0 Å². The predicted molar refractivity (Wildman–Crippen MR) is 119 cm³/mol. The molecule has 0 aromatic rings. The Kier molecular flexibility index (Phi) is 9.56. The third-order valence-corrected chi connectivity index (χ3v) is 8.22. The first-order valence-corrected chi connectivity index (χ1v) is 15.0. The number of ether oxygens (including phenoxy) is 1. The zero-order chi connectivity index (χ0) is 22.6. The van der Waals surface area contributed by atoms with Crippen LogP contribution in [0.15, 0.2) is 0 Å². The zero-order valence-electron chi connectivity index (χ0n) is 20.1. The van der Waals surface area contributed by atoms with Gasteiger partial charge in [0.2, 0.25) is 0 Å². The monoisotopic (exact) mass is 428 g/mol. The quantitative estimate of drug-likeness (QED) is 0.143. The van der Waals surface area contributed by atoms with Crippen molar-refractivity contribution >= 4 is 20.0 Å². The molecule has 29 heavy (non-hydrogen) atoms. The molecule has 0 bridgehead atoms. The van der Waals surface area contributed by atoms with Crippen LogP contribution in [0.2, 0.25) is 25.7 Å². The van der Waals surface area contributed by atoms with Crippen LogP contribution in [0.4, 0.5) is 0 Å². The van der Waals surface area contributed by atoms with Gasteiger partial charge in [0, 0.05) is 8.07 Å². The summed E-state index contributed by atoms with van der Waals surface area (Å²) in [5, 5.41) is 9.71. The fourth-order valence-corrected chi connectivity index (χ4v) is 7.05. The van der Waals surface area contributed by atoms with E-state index in [0.717, 1.165) is 25.3 Å². The van der Waals surface area contributed by atoms with Gasteiger partial charge in [0.15, 0.2) is 0 Å². The van der Waals surface area contributed by atoms with Crippen LogP contribution in [0.5, 0.6) is 0 Å². The van der Waals surface area contributed by atoms with Crippen LogP contribution in [0, 0.1) is 35.0 Å². The lowest BCUT2D eigenvalue weighted by Crippen LogP contribution is -2.40. The van der Waals surface area contributed by atoms with E-state index in [-0.39, 0.29) is 29.1 Å². The highest BCUT2D eigenvalue weighted by Crippen LogP contribution is 2.43. The lowest BCUT2D eigenvalue weighted by molar-refractivity contribution is -0.314. The molecule has 5 nitrogen and oxygen atoms in total. The molecule has 0 aromatic carbocycles. The minimum Gasteiger partial charge on any atom is -0.393 e. The largest absolute Gasteiger partial charge is 0.393 e. The lowest BCUT2D eigenvalue weighted by atomic mass is 9.71. The minimum atomic E-state index is -1.40. The van der Waals surface area contributed by atoms with Gasteiger partial charge in [0.25, 0.3) is 0 Å². The molecule has 170 valence electrons. The maximum absolute atomic E-state index is 12.7. The van der Waals surface area contributed by atoms with Crippen molar-refractivity contribution in [2.24, 2.45) is 35.0 Å². The van der Waals surface area contributed by atoms with E-state index in [2.05, 4.69) is 40.4 Å². The highest BCUT2D eigenvalue weighted by molar-refractivity contribution is 6.76. The summed E-state index contributed by atoms with van der Waals surface area (Å²) in [6.45, 7) is 19.4. The molecular formula is C23H44O5Si. The highest BCUT2D eigenvalue weighted by Gasteiger charge is 2.50. The average Bonchev–Trinajstić information content (AvgIpc) is 2.84. The number of hydrogen-bond donors (Lipinski definition) is 1. The third-order valence-electron chi connectivity index (χ3n) is 6.47. The molecule has 0 saturated carbocycles. The Morgan fingerprint density at radius 1 is 1.10 bits per heavy atom. The van der Waals surface area contributed by atoms with E-state index >= 15 is 0 Å². The summed E-state index contributed by atoms with van der Waals surface area (Å²) < 4.78 is 5.15. The molecule has 0 amide bonds. The molecule has 6 unspecified atom stereocenters. The van der Waals surface area contributed by atoms with Crippen LogP contribution in [-0.4, -0.2) is 31.4 Å². The smallest absolute Gasteiger partial charge is 0.317 e. The van der Waals surface area contributed by atoms with Gasteiger partial charge >= 0.3 is 11.9 Å². The molecule has 6 heteroatoms. The molecular weight excluding hydrogens is 384 g/mol. The first-order valence-electron chi connectivity index (χ1n) is 11.3. The van der Waals surface area contributed by atoms with E-state index in [0.29, 0.717) is 12.3 Å². The number of cyclic esters (lactones) is 2. The molecule has 0 radical (unpaired) electrons. The van der Waals surface area contributed by atoms with E-state index < -0.39 is 26.1 Å². The van der Waals surface area contributed by atoms with Crippen LogP contribution in [-0.2, 0) is 19.2 Å². The van der Waals surface area contributed by atoms with Crippen LogP contribution in [0.3, 0.4) is 0 Å². The maximum atomic E-state index is 12.7. The standard InChI is InChI=1S/C23H44O5Si/c1-10-15(3)12-17(20(28-26)23(4,5)6)13-18-19(22(25)27-21(18)24)16(11-2)14-29(7,8)9/h15-20,26H,10-14H2,1-9H3. The first-order chi connectivity index (χ1) is 13.2. The van der Waals surface area contributed by atoms with Crippen LogP contribution >= 0.6 is 0 Å². The van der Waals surface area contributed by atoms with E-state index in [1.54, 1.807) is 0 Å². The number of hydrogen-bond acceptors (Lipinski definition) is 5. The summed E-state index contributed by atoms with van der Waals surface area (Å²) in [4.78, 5) is 30.3. The molecule has 0 aliphatic carbocycles. The molecule has 1 saturated heterocycles. The molecule has 1 aliphatic rings. The van der Waals surface area contributed by atoms with Crippen molar-refractivity contribution < 1.29 is 24.5 Å². The van der Waals surface area contributed by atoms with Crippen LogP contribution in [0.1, 0.15) is 67.2 Å². The average molecular weight is 429 g/mol. The van der Waals surface area contributed by atoms with Crippen molar-refractivity contribution in [2.45, 2.75) is 99.0 Å². The number of rotatable bonds is 11. The lowest BCUT2D eigenvalue weighted by Gasteiger charge is -2.37. The Morgan fingerprint density at radius 2 is 1.69 bits per heavy atom. The van der Waals surface area contributed by atoms with Gasteiger partial charge in [-0.05, 0) is 36.0 Å². The molecule has 6 atom stereocenters. The summed E-state index contributed by atoms with van der Waals surface area (Å²) in [5.74, 6) is -0.993. The van der Waals surface area contributed by atoms with Crippen molar-refractivity contribution in [1.29, 1.82) is 0 Å². The summed E-state index contributed by atoms with van der Waals surface area (Å²) >= 11 is 0. The third kappa shape index (κ3) is 7.48. The van der Waals surface area contributed by atoms with E-state index in [4.69, 9.17) is 9.62 Å². The van der Waals surface area contributed by atoms with Gasteiger partial charge in [-0.25, -0.2) is 4.89 Å². The Balaban J connectivity index is 3.21. The molecule has 1 N–H and O–H groups in total. The van der Waals surface area contributed by atoms with Crippen molar-refractivity contribution in [2.75, 3.05) is 0 Å². The summed E-state index contributed by atoms with van der Waals surface area (Å²) in [7, 11) is -1.40. The minimum absolute atomic E-state index is 0.0229. The fourth-order valence-electron chi connectivity index (χ4n) is 4.93. The van der Waals surface area contributed by atoms with Gasteiger partial charge < -0.3 is 4.74 Å². The number of esters is 2. The van der Waals surface area contributed by atoms with E-state index in [1.807, 2.05) is 20.8 Å². The summed E-state index contributed by atoms with van der Waals surface area (Å²) in [5.41, 5.74) is -0.280. The number of carbonyl (C=O) groups is 2. The Hall–Kier alpha value is -0.723. The molecule has 0 spiro atoms. The topological polar surface area (TPSA) is 72.8 Å². The van der Waals surface area contributed by atoms with E-state index in [1.165, 1.54) is 0 Å². The van der Waals surface area contributed by atoms with Crippen molar-refractivity contribution in [3.63, 3.8) is 0 Å². The Morgan fingerprint density at radius 3 is 2.10 bits per heavy atom. The Labute approximate surface area is 178 Å². The predicted octanol–water partition coefficient (Wildman–Crippen LogP) is 6.01. The van der Waals surface area contributed by atoms with Gasteiger partial charge in [0.1, 0.15) is 6.10 Å². The summed E-state index contributed by atoms with van der Waals surface area (Å²) in [6.07, 6.45) is 2.84. The van der Waals surface area contributed by atoms with Crippen molar-refractivity contribution in [3.8, 4) is 0 Å². The fraction of sp³-hybridized carbons (Fsp3) is 0.913. The van der Waals surface area contributed by atoms with Gasteiger partial charge in [-0.1, -0.05) is 80.1 Å². The SMILES string of the molecule is CCC(C)CC(CC1C(=O)OC(=O)C1C(CC)C[Si](C)(C)C)C(OO)C(C)(C)C.